The van der Waals surface area contributed by atoms with E-state index in [4.69, 9.17) is 0 Å². The Kier molecular flexibility index (Phi) is 6.12. The fourth-order valence-electron chi connectivity index (χ4n) is 4.52. The minimum atomic E-state index is -0.574. The van der Waals surface area contributed by atoms with Gasteiger partial charge in [0.2, 0.25) is 0 Å². The van der Waals surface area contributed by atoms with Crippen molar-refractivity contribution in [3.05, 3.63) is 71.0 Å². The molecule has 2 amide bonds. The zero-order valence-electron chi connectivity index (χ0n) is 18.2. The maximum Gasteiger partial charge on any atom is 0.267 e. The van der Waals surface area contributed by atoms with Crippen LogP contribution in [0.5, 0.6) is 0 Å². The first-order chi connectivity index (χ1) is 14.9. The van der Waals surface area contributed by atoms with E-state index in [1.165, 1.54) is 42.6 Å². The molecular weight excluding hydrogens is 388 g/mol. The molecule has 4 rings (SSSR count). The van der Waals surface area contributed by atoms with Gasteiger partial charge in [-0.3, -0.25) is 9.59 Å². The largest absolute Gasteiger partial charge is 0.509 e. The predicted octanol–water partition coefficient (Wildman–Crippen LogP) is 5.66. The molecular formula is C26H30N2O3. The van der Waals surface area contributed by atoms with E-state index in [9.17, 15) is 14.7 Å². The lowest BCUT2D eigenvalue weighted by Gasteiger charge is -2.22. The summed E-state index contributed by atoms with van der Waals surface area (Å²) in [5.74, 6) is -0.336. The lowest BCUT2D eigenvalue weighted by Crippen LogP contribution is -2.30. The van der Waals surface area contributed by atoms with Crippen LogP contribution in [0.4, 0.5) is 11.4 Å². The molecule has 0 radical (unpaired) electrons. The van der Waals surface area contributed by atoms with Gasteiger partial charge in [0.05, 0.1) is 6.54 Å². The Bertz CT molecular complexity index is 1000. The number of anilines is 2. The van der Waals surface area contributed by atoms with Crippen molar-refractivity contribution in [3.8, 4) is 0 Å². The lowest BCUT2D eigenvalue weighted by atomic mass is 9.84. The number of benzene rings is 2. The molecule has 0 aromatic heterocycles. The van der Waals surface area contributed by atoms with E-state index in [1.807, 2.05) is 36.4 Å². The number of nitrogens with one attached hydrogen (secondary N) is 1. The summed E-state index contributed by atoms with van der Waals surface area (Å²) in [4.78, 5) is 27.2. The summed E-state index contributed by atoms with van der Waals surface area (Å²) in [6.07, 6.45) is 6.30. The maximum absolute atomic E-state index is 12.9. The Balaban J connectivity index is 1.45. The highest BCUT2D eigenvalue weighted by atomic mass is 16.3. The fourth-order valence-corrected chi connectivity index (χ4v) is 4.52. The number of nitrogens with zero attached hydrogens (tertiary/aromatic N) is 1. The summed E-state index contributed by atoms with van der Waals surface area (Å²) in [5.41, 5.74) is 3.51. The van der Waals surface area contributed by atoms with Gasteiger partial charge in [0, 0.05) is 11.4 Å². The van der Waals surface area contributed by atoms with E-state index in [-0.39, 0.29) is 17.9 Å². The van der Waals surface area contributed by atoms with Crippen LogP contribution in [0.2, 0.25) is 0 Å². The van der Waals surface area contributed by atoms with Gasteiger partial charge in [-0.2, -0.15) is 0 Å². The molecule has 1 heterocycles. The van der Waals surface area contributed by atoms with Crippen LogP contribution in [0, 0.1) is 0 Å². The van der Waals surface area contributed by atoms with E-state index in [2.05, 4.69) is 31.3 Å². The smallest absolute Gasteiger partial charge is 0.267 e. The van der Waals surface area contributed by atoms with Crippen LogP contribution in [0.3, 0.4) is 0 Å². The number of aliphatic hydroxyl groups excluding tert-OH is 1. The van der Waals surface area contributed by atoms with Crippen LogP contribution in [0.1, 0.15) is 68.9 Å². The Morgan fingerprint density at radius 1 is 1.06 bits per heavy atom. The molecule has 162 valence electrons. The van der Waals surface area contributed by atoms with Crippen molar-refractivity contribution < 1.29 is 14.7 Å². The van der Waals surface area contributed by atoms with Gasteiger partial charge in [0.25, 0.3) is 11.8 Å². The molecule has 0 bridgehead atoms. The number of hydrogen-bond acceptors (Lipinski definition) is 3. The average molecular weight is 419 g/mol. The molecule has 5 heteroatoms. The van der Waals surface area contributed by atoms with Gasteiger partial charge in [0.15, 0.2) is 0 Å². The highest BCUT2D eigenvalue weighted by Gasteiger charge is 2.36. The maximum atomic E-state index is 12.9. The second-order valence-electron chi connectivity index (χ2n) is 8.87. The molecule has 5 nitrogen and oxygen atoms in total. The molecule has 2 N–H and O–H groups in total. The first kappa shape index (κ1) is 21.2. The van der Waals surface area contributed by atoms with Crippen molar-refractivity contribution in [1.29, 1.82) is 0 Å². The Morgan fingerprint density at radius 3 is 2.45 bits per heavy atom. The Morgan fingerprint density at radius 2 is 1.77 bits per heavy atom. The zero-order valence-corrected chi connectivity index (χ0v) is 18.2. The van der Waals surface area contributed by atoms with Crippen molar-refractivity contribution in [1.82, 2.24) is 0 Å². The quantitative estimate of drug-likeness (QED) is 0.616. The minimum Gasteiger partial charge on any atom is -0.509 e. The van der Waals surface area contributed by atoms with Crippen LogP contribution < -0.4 is 10.2 Å². The summed E-state index contributed by atoms with van der Waals surface area (Å²) >= 11 is 0. The molecule has 2 aromatic rings. The molecule has 1 fully saturated rings. The van der Waals surface area contributed by atoms with E-state index >= 15 is 0 Å². The van der Waals surface area contributed by atoms with E-state index in [1.54, 1.807) is 0 Å². The second-order valence-corrected chi connectivity index (χ2v) is 8.87. The van der Waals surface area contributed by atoms with Gasteiger partial charge in [0.1, 0.15) is 11.3 Å². The third-order valence-corrected chi connectivity index (χ3v) is 6.38. The van der Waals surface area contributed by atoms with Gasteiger partial charge in [-0.1, -0.05) is 57.4 Å². The van der Waals surface area contributed by atoms with Gasteiger partial charge in [-0.15, -0.1) is 0 Å². The summed E-state index contributed by atoms with van der Waals surface area (Å²) in [6, 6.07) is 15.5. The summed E-state index contributed by atoms with van der Waals surface area (Å²) in [6.45, 7) is 4.17. The molecule has 31 heavy (non-hydrogen) atoms. The molecule has 2 aliphatic rings. The first-order valence-electron chi connectivity index (χ1n) is 11.2. The standard InChI is InChI=1S/C26H30N2O3/c1-17(2)20-9-6-10-22(15-20)28-16-23(29)24(26(28)31)25(30)27-21-13-11-19(12-14-21)18-7-4-3-5-8-18/h6,9-15,17-18,29H,3-5,7-8,16H2,1-2H3,(H,27,30). The first-order valence-corrected chi connectivity index (χ1v) is 11.2. The predicted molar refractivity (Wildman–Crippen MR) is 123 cm³/mol. The zero-order chi connectivity index (χ0) is 22.0. The lowest BCUT2D eigenvalue weighted by molar-refractivity contribution is -0.119. The van der Waals surface area contributed by atoms with Crippen molar-refractivity contribution in [3.63, 3.8) is 0 Å². The summed E-state index contributed by atoms with van der Waals surface area (Å²) in [5, 5.41) is 13.2. The average Bonchev–Trinajstić information content (AvgIpc) is 3.09. The topological polar surface area (TPSA) is 69.6 Å². The van der Waals surface area contributed by atoms with Crippen LogP contribution in [0.25, 0.3) is 0 Å². The number of aliphatic hydroxyl groups is 1. The Labute approximate surface area is 183 Å². The summed E-state index contributed by atoms with van der Waals surface area (Å²) in [7, 11) is 0. The third kappa shape index (κ3) is 4.50. The van der Waals surface area contributed by atoms with Crippen molar-refractivity contribution in [2.24, 2.45) is 0 Å². The molecule has 0 atom stereocenters. The van der Waals surface area contributed by atoms with Gasteiger partial charge in [-0.25, -0.2) is 0 Å². The normalized spacial score (nSPS) is 17.5. The fraction of sp³-hybridized carbons (Fsp3) is 0.385. The van der Waals surface area contributed by atoms with Gasteiger partial charge >= 0.3 is 0 Å². The molecule has 1 aliphatic carbocycles. The molecule has 0 saturated heterocycles. The molecule has 0 spiro atoms. The number of rotatable bonds is 5. The SMILES string of the molecule is CC(C)c1cccc(N2CC(O)=C(C(=O)Nc3ccc(C4CCCCC4)cc3)C2=O)c1. The highest BCUT2D eigenvalue weighted by molar-refractivity contribution is 6.29. The summed E-state index contributed by atoms with van der Waals surface area (Å²) < 4.78 is 0. The molecule has 1 aliphatic heterocycles. The van der Waals surface area contributed by atoms with Crippen LogP contribution >= 0.6 is 0 Å². The molecule has 2 aromatic carbocycles. The van der Waals surface area contributed by atoms with Crippen LogP contribution in [0.15, 0.2) is 59.9 Å². The minimum absolute atomic E-state index is 0.00372. The van der Waals surface area contributed by atoms with Crippen molar-refractivity contribution >= 4 is 23.2 Å². The van der Waals surface area contributed by atoms with Crippen molar-refractivity contribution in [2.45, 2.75) is 57.8 Å². The van der Waals surface area contributed by atoms with Crippen molar-refractivity contribution in [2.75, 3.05) is 16.8 Å². The monoisotopic (exact) mass is 418 g/mol. The number of carbonyl (C=O) groups is 2. The Hall–Kier alpha value is -3.08. The number of amides is 2. The number of carbonyl (C=O) groups excluding carboxylic acids is 2. The van der Waals surface area contributed by atoms with Crippen LogP contribution in [-0.4, -0.2) is 23.5 Å². The van der Waals surface area contributed by atoms with E-state index in [0.29, 0.717) is 23.2 Å². The third-order valence-electron chi connectivity index (χ3n) is 6.38. The molecule has 0 unspecified atom stereocenters. The van der Waals surface area contributed by atoms with E-state index < -0.39 is 11.8 Å². The van der Waals surface area contributed by atoms with E-state index in [0.717, 1.165) is 5.56 Å². The van der Waals surface area contributed by atoms with Gasteiger partial charge in [-0.05, 0) is 60.1 Å². The van der Waals surface area contributed by atoms with Crippen LogP contribution in [-0.2, 0) is 9.59 Å². The number of hydrogen-bond donors (Lipinski definition) is 2. The highest BCUT2D eigenvalue weighted by Crippen LogP contribution is 2.33. The molecule has 1 saturated carbocycles. The van der Waals surface area contributed by atoms with Gasteiger partial charge < -0.3 is 15.3 Å². The second kappa shape index (κ2) is 8.96.